The third-order valence-electron chi connectivity index (χ3n) is 2.82. The highest BCUT2D eigenvalue weighted by Gasteiger charge is 2.04. The normalized spacial score (nSPS) is 9.62. The molecule has 0 aliphatic rings. The van der Waals surface area contributed by atoms with Crippen LogP contribution in [0.3, 0.4) is 0 Å². The third kappa shape index (κ3) is 4.16. The predicted molar refractivity (Wildman–Crippen MR) is 79.4 cm³/mol. The van der Waals surface area contributed by atoms with E-state index < -0.39 is 0 Å². The molecule has 0 bridgehead atoms. The minimum Gasteiger partial charge on any atom is -0.508 e. The molecule has 0 radical (unpaired) electrons. The molecule has 0 amide bonds. The molecule has 0 atom stereocenters. The molecule has 0 heterocycles. The van der Waals surface area contributed by atoms with Crippen LogP contribution >= 0.6 is 0 Å². The molecule has 0 fully saturated rings. The SMILES string of the molecule is COc1ccc(OCc2ccc(O)cc2)c(C#CCO)c1. The number of hydrogen-bond donors (Lipinski definition) is 2. The molecule has 108 valence electrons. The van der Waals surface area contributed by atoms with Gasteiger partial charge in [-0.1, -0.05) is 24.0 Å². The van der Waals surface area contributed by atoms with E-state index in [9.17, 15) is 5.11 Å². The van der Waals surface area contributed by atoms with Crippen molar-refractivity contribution < 1.29 is 19.7 Å². The number of aliphatic hydroxyl groups is 1. The van der Waals surface area contributed by atoms with Crippen LogP contribution in [-0.4, -0.2) is 23.9 Å². The van der Waals surface area contributed by atoms with Gasteiger partial charge in [-0.3, -0.25) is 0 Å². The fourth-order valence-corrected chi connectivity index (χ4v) is 1.75. The van der Waals surface area contributed by atoms with E-state index in [1.807, 2.05) is 0 Å². The van der Waals surface area contributed by atoms with Crippen LogP contribution in [0.15, 0.2) is 42.5 Å². The molecule has 0 saturated heterocycles. The maximum atomic E-state index is 9.24. The zero-order valence-corrected chi connectivity index (χ0v) is 11.7. The fraction of sp³-hybridized carbons (Fsp3) is 0.176. The van der Waals surface area contributed by atoms with Crippen LogP contribution in [0.25, 0.3) is 0 Å². The van der Waals surface area contributed by atoms with Crippen LogP contribution in [-0.2, 0) is 6.61 Å². The number of aliphatic hydroxyl groups excluding tert-OH is 1. The van der Waals surface area contributed by atoms with Crippen molar-refractivity contribution >= 4 is 0 Å². The first-order chi connectivity index (χ1) is 10.2. The van der Waals surface area contributed by atoms with Crippen molar-refractivity contribution in [3.63, 3.8) is 0 Å². The third-order valence-corrected chi connectivity index (χ3v) is 2.82. The van der Waals surface area contributed by atoms with Crippen LogP contribution < -0.4 is 9.47 Å². The summed E-state index contributed by atoms with van der Waals surface area (Å²) in [7, 11) is 1.58. The van der Waals surface area contributed by atoms with Gasteiger partial charge in [-0.05, 0) is 35.9 Å². The monoisotopic (exact) mass is 284 g/mol. The Hall–Kier alpha value is -2.64. The van der Waals surface area contributed by atoms with Gasteiger partial charge in [0.1, 0.15) is 30.5 Å². The fourth-order valence-electron chi connectivity index (χ4n) is 1.75. The number of rotatable bonds is 4. The second-order valence-corrected chi connectivity index (χ2v) is 4.28. The lowest BCUT2D eigenvalue weighted by atomic mass is 10.2. The molecule has 21 heavy (non-hydrogen) atoms. The number of benzene rings is 2. The number of phenols is 1. The number of hydrogen-bond acceptors (Lipinski definition) is 4. The van der Waals surface area contributed by atoms with Crippen LogP contribution in [0.4, 0.5) is 0 Å². The Kier molecular flexibility index (Phi) is 5.08. The van der Waals surface area contributed by atoms with Crippen LogP contribution in [0.5, 0.6) is 17.2 Å². The molecule has 0 spiro atoms. The molecule has 4 heteroatoms. The topological polar surface area (TPSA) is 58.9 Å². The van der Waals surface area contributed by atoms with Gasteiger partial charge in [0.15, 0.2) is 0 Å². The van der Waals surface area contributed by atoms with Gasteiger partial charge < -0.3 is 19.7 Å². The molecule has 4 nitrogen and oxygen atoms in total. The summed E-state index contributed by atoms with van der Waals surface area (Å²) in [6.45, 7) is 0.148. The van der Waals surface area contributed by atoms with E-state index in [0.29, 0.717) is 23.7 Å². The Labute approximate surface area is 123 Å². The molecule has 2 aromatic carbocycles. The molecule has 0 aliphatic heterocycles. The molecule has 2 aromatic rings. The van der Waals surface area contributed by atoms with E-state index in [1.54, 1.807) is 49.6 Å². The van der Waals surface area contributed by atoms with E-state index in [2.05, 4.69) is 11.8 Å². The summed E-state index contributed by atoms with van der Waals surface area (Å²) < 4.78 is 10.9. The zero-order valence-electron chi connectivity index (χ0n) is 11.7. The summed E-state index contributed by atoms with van der Waals surface area (Å²) in [5.74, 6) is 6.95. The highest BCUT2D eigenvalue weighted by molar-refractivity contribution is 5.50. The first-order valence-electron chi connectivity index (χ1n) is 6.41. The summed E-state index contributed by atoms with van der Waals surface area (Å²) in [6, 6.07) is 12.1. The zero-order chi connectivity index (χ0) is 15.1. The summed E-state index contributed by atoms with van der Waals surface area (Å²) in [5.41, 5.74) is 1.59. The predicted octanol–water partition coefficient (Wildman–Crippen LogP) is 2.32. The summed E-state index contributed by atoms with van der Waals surface area (Å²) in [4.78, 5) is 0. The van der Waals surface area contributed by atoms with Crippen LogP contribution in [0.2, 0.25) is 0 Å². The number of methoxy groups -OCH3 is 1. The highest BCUT2D eigenvalue weighted by Crippen LogP contribution is 2.24. The molecule has 0 saturated carbocycles. The first kappa shape index (κ1) is 14.8. The van der Waals surface area contributed by atoms with E-state index in [-0.39, 0.29) is 12.4 Å². The van der Waals surface area contributed by atoms with E-state index in [4.69, 9.17) is 14.6 Å². The number of ether oxygens (including phenoxy) is 2. The standard InChI is InChI=1S/C17H16O4/c1-20-16-8-9-17(14(11-16)3-2-10-18)21-12-13-4-6-15(19)7-5-13/h4-9,11,18-19H,10,12H2,1H3. The van der Waals surface area contributed by atoms with Crippen molar-refractivity contribution in [3.05, 3.63) is 53.6 Å². The van der Waals surface area contributed by atoms with Gasteiger partial charge >= 0.3 is 0 Å². The maximum absolute atomic E-state index is 9.24. The van der Waals surface area contributed by atoms with Gasteiger partial charge in [0.2, 0.25) is 0 Å². The Bertz CT molecular complexity index is 651. The van der Waals surface area contributed by atoms with Crippen molar-refractivity contribution in [1.82, 2.24) is 0 Å². The number of phenolic OH excluding ortho intramolecular Hbond substituents is 1. The molecule has 0 unspecified atom stereocenters. The highest BCUT2D eigenvalue weighted by atomic mass is 16.5. The molecule has 0 aromatic heterocycles. The van der Waals surface area contributed by atoms with Crippen molar-refractivity contribution in [2.75, 3.05) is 13.7 Å². The lowest BCUT2D eigenvalue weighted by Gasteiger charge is -2.10. The Morgan fingerprint density at radius 3 is 2.52 bits per heavy atom. The average Bonchev–Trinajstić information content (AvgIpc) is 2.52. The largest absolute Gasteiger partial charge is 0.508 e. The molecular weight excluding hydrogens is 268 g/mol. The summed E-state index contributed by atoms with van der Waals surface area (Å²) in [6.07, 6.45) is 0. The van der Waals surface area contributed by atoms with Crippen molar-refractivity contribution in [1.29, 1.82) is 0 Å². The van der Waals surface area contributed by atoms with Gasteiger partial charge in [-0.15, -0.1) is 0 Å². The van der Waals surface area contributed by atoms with Crippen molar-refractivity contribution in [2.45, 2.75) is 6.61 Å². The summed E-state index contributed by atoms with van der Waals surface area (Å²) >= 11 is 0. The molecule has 2 N–H and O–H groups in total. The molecular formula is C17H16O4. The maximum Gasteiger partial charge on any atom is 0.135 e. The van der Waals surface area contributed by atoms with Gasteiger partial charge in [0.05, 0.1) is 12.7 Å². The van der Waals surface area contributed by atoms with Crippen LogP contribution in [0.1, 0.15) is 11.1 Å². The van der Waals surface area contributed by atoms with Gasteiger partial charge in [0, 0.05) is 0 Å². The van der Waals surface area contributed by atoms with Crippen molar-refractivity contribution in [2.24, 2.45) is 0 Å². The molecule has 2 rings (SSSR count). The van der Waals surface area contributed by atoms with Gasteiger partial charge in [0.25, 0.3) is 0 Å². The quantitative estimate of drug-likeness (QED) is 0.846. The molecule has 0 aliphatic carbocycles. The van der Waals surface area contributed by atoms with Gasteiger partial charge in [-0.25, -0.2) is 0 Å². The van der Waals surface area contributed by atoms with Crippen molar-refractivity contribution in [3.8, 4) is 29.1 Å². The first-order valence-corrected chi connectivity index (χ1v) is 6.41. The van der Waals surface area contributed by atoms with E-state index >= 15 is 0 Å². The van der Waals surface area contributed by atoms with Crippen LogP contribution in [0, 0.1) is 11.8 Å². The van der Waals surface area contributed by atoms with E-state index in [1.165, 1.54) is 0 Å². The lowest BCUT2D eigenvalue weighted by molar-refractivity contribution is 0.304. The number of aromatic hydroxyl groups is 1. The smallest absolute Gasteiger partial charge is 0.135 e. The minimum atomic E-state index is -0.214. The van der Waals surface area contributed by atoms with E-state index in [0.717, 1.165) is 5.56 Å². The second-order valence-electron chi connectivity index (χ2n) is 4.28. The Morgan fingerprint density at radius 1 is 1.10 bits per heavy atom. The Morgan fingerprint density at radius 2 is 1.86 bits per heavy atom. The van der Waals surface area contributed by atoms with Gasteiger partial charge in [-0.2, -0.15) is 0 Å². The lowest BCUT2D eigenvalue weighted by Crippen LogP contribution is -1.97. The Balaban J connectivity index is 2.16. The second kappa shape index (κ2) is 7.22. The summed E-state index contributed by atoms with van der Waals surface area (Å²) in [5, 5.41) is 18.1. The minimum absolute atomic E-state index is 0.214. The average molecular weight is 284 g/mol.